The maximum absolute atomic E-state index is 11.5. The van der Waals surface area contributed by atoms with E-state index in [1.54, 1.807) is 12.1 Å². The third-order valence-electron chi connectivity index (χ3n) is 3.49. The molecule has 0 heterocycles. The number of nitrogens with two attached hydrogens (primary N) is 1. The Morgan fingerprint density at radius 3 is 2.54 bits per heavy atom. The molecule has 0 bridgehead atoms. The zero-order valence-electron chi connectivity index (χ0n) is 12.8. The smallest absolute Gasteiger partial charge is 0.271 e. The number of hydrogen-bond acceptors (Lipinski definition) is 5. The number of nitro groups is 1. The normalized spacial score (nSPS) is 12.6. The number of anilines is 1. The Labute approximate surface area is 144 Å². The second kappa shape index (κ2) is 7.16. The highest BCUT2D eigenvalue weighted by molar-refractivity contribution is 7.89. The van der Waals surface area contributed by atoms with E-state index in [4.69, 9.17) is 16.7 Å². The minimum atomic E-state index is -3.79. The van der Waals surface area contributed by atoms with Crippen LogP contribution < -0.4 is 10.5 Å². The van der Waals surface area contributed by atoms with E-state index in [0.29, 0.717) is 12.1 Å². The van der Waals surface area contributed by atoms with Crippen LogP contribution in [0.3, 0.4) is 0 Å². The van der Waals surface area contributed by atoms with E-state index in [1.165, 1.54) is 30.3 Å². The van der Waals surface area contributed by atoms with Crippen LogP contribution in [-0.4, -0.2) is 13.3 Å². The third kappa shape index (κ3) is 4.22. The molecule has 128 valence electrons. The molecule has 3 N–H and O–H groups in total. The Kier molecular flexibility index (Phi) is 5.43. The summed E-state index contributed by atoms with van der Waals surface area (Å²) in [5, 5.41) is 19.3. The van der Waals surface area contributed by atoms with Gasteiger partial charge < -0.3 is 5.32 Å². The number of primary sulfonamides is 1. The van der Waals surface area contributed by atoms with Crippen molar-refractivity contribution in [1.82, 2.24) is 0 Å². The van der Waals surface area contributed by atoms with Crippen molar-refractivity contribution in [3.05, 3.63) is 63.2 Å². The summed E-state index contributed by atoms with van der Waals surface area (Å²) in [4.78, 5) is 10.3. The van der Waals surface area contributed by atoms with Crippen LogP contribution in [-0.2, 0) is 10.0 Å². The van der Waals surface area contributed by atoms with Crippen molar-refractivity contribution in [1.29, 1.82) is 0 Å². The van der Waals surface area contributed by atoms with Crippen molar-refractivity contribution in [2.45, 2.75) is 24.3 Å². The van der Waals surface area contributed by atoms with Gasteiger partial charge in [0.2, 0.25) is 10.0 Å². The van der Waals surface area contributed by atoms with Gasteiger partial charge in [0, 0.05) is 12.1 Å². The highest BCUT2D eigenvalue weighted by atomic mass is 35.5. The molecule has 0 aliphatic rings. The van der Waals surface area contributed by atoms with Crippen molar-refractivity contribution in [2.75, 3.05) is 5.32 Å². The van der Waals surface area contributed by atoms with E-state index in [2.05, 4.69) is 5.32 Å². The monoisotopic (exact) mass is 369 g/mol. The van der Waals surface area contributed by atoms with Crippen LogP contribution >= 0.6 is 11.6 Å². The fourth-order valence-electron chi connectivity index (χ4n) is 2.25. The molecule has 0 fully saturated rings. The lowest BCUT2D eigenvalue weighted by molar-refractivity contribution is -0.384. The number of sulfonamides is 1. The van der Waals surface area contributed by atoms with Crippen LogP contribution in [0.4, 0.5) is 11.4 Å². The molecule has 9 heteroatoms. The highest BCUT2D eigenvalue weighted by Gasteiger charge is 2.16. The predicted octanol–water partition coefficient (Wildman–Crippen LogP) is 3.46. The molecule has 0 spiro atoms. The van der Waals surface area contributed by atoms with Crippen molar-refractivity contribution < 1.29 is 13.3 Å². The molecule has 0 radical (unpaired) electrons. The van der Waals surface area contributed by atoms with Gasteiger partial charge >= 0.3 is 0 Å². The quantitative estimate of drug-likeness (QED) is 0.597. The third-order valence-corrected chi connectivity index (χ3v) is 4.71. The Balaban J connectivity index is 2.32. The summed E-state index contributed by atoms with van der Waals surface area (Å²) in [7, 11) is -3.79. The van der Waals surface area contributed by atoms with E-state index < -0.39 is 14.9 Å². The lowest BCUT2D eigenvalue weighted by Gasteiger charge is -2.20. The first-order valence-electron chi connectivity index (χ1n) is 7.05. The first kappa shape index (κ1) is 18.2. The molecule has 1 unspecified atom stereocenters. The van der Waals surface area contributed by atoms with Gasteiger partial charge in [0.1, 0.15) is 0 Å². The number of nitro benzene ring substituents is 1. The molecule has 2 aromatic carbocycles. The minimum absolute atomic E-state index is 0.0232. The van der Waals surface area contributed by atoms with Gasteiger partial charge in [-0.25, -0.2) is 13.6 Å². The van der Waals surface area contributed by atoms with Crippen LogP contribution in [0.5, 0.6) is 0 Å². The number of hydrogen-bond donors (Lipinski definition) is 2. The lowest BCUT2D eigenvalue weighted by Crippen LogP contribution is -2.14. The molecule has 0 saturated carbocycles. The van der Waals surface area contributed by atoms with Gasteiger partial charge in [0.15, 0.2) is 0 Å². The number of non-ortho nitro benzene ring substituents is 1. The van der Waals surface area contributed by atoms with Crippen molar-refractivity contribution in [2.24, 2.45) is 5.14 Å². The van der Waals surface area contributed by atoms with Gasteiger partial charge in [-0.3, -0.25) is 10.1 Å². The van der Waals surface area contributed by atoms with Crippen LogP contribution in [0.2, 0.25) is 5.02 Å². The Bertz CT molecular complexity index is 871. The minimum Gasteiger partial charge on any atom is -0.377 e. The standard InChI is InChI=1S/C15H16ClN3O4S/c1-2-14(10-4-3-5-12(8-10)24(17,22)23)18-15-7-6-11(19(20)21)9-13(15)16/h3-9,14,18H,2H2,1H3,(H2,17,22,23). The van der Waals surface area contributed by atoms with Crippen LogP contribution in [0.15, 0.2) is 47.4 Å². The summed E-state index contributed by atoms with van der Waals surface area (Å²) in [5.41, 5.74) is 1.14. The second-order valence-corrected chi connectivity index (χ2v) is 7.11. The summed E-state index contributed by atoms with van der Waals surface area (Å²) < 4.78 is 23.0. The Morgan fingerprint density at radius 1 is 1.29 bits per heavy atom. The molecule has 7 nitrogen and oxygen atoms in total. The van der Waals surface area contributed by atoms with E-state index in [-0.39, 0.29) is 21.6 Å². The number of rotatable bonds is 6. The largest absolute Gasteiger partial charge is 0.377 e. The van der Waals surface area contributed by atoms with E-state index in [9.17, 15) is 18.5 Å². The Hall–Kier alpha value is -2.16. The van der Waals surface area contributed by atoms with Gasteiger partial charge in [-0.1, -0.05) is 30.7 Å². The van der Waals surface area contributed by atoms with Crippen molar-refractivity contribution >= 4 is 33.0 Å². The summed E-state index contributed by atoms with van der Waals surface area (Å²) in [5.74, 6) is 0. The molecule has 24 heavy (non-hydrogen) atoms. The SMILES string of the molecule is CCC(Nc1ccc([N+](=O)[O-])cc1Cl)c1cccc(S(N)(=O)=O)c1. The van der Waals surface area contributed by atoms with Gasteiger partial charge in [-0.2, -0.15) is 0 Å². The molecule has 2 aromatic rings. The van der Waals surface area contributed by atoms with Gasteiger partial charge in [-0.15, -0.1) is 0 Å². The molecular formula is C15H16ClN3O4S. The number of halogens is 1. The van der Waals surface area contributed by atoms with Gasteiger partial charge in [0.05, 0.1) is 26.6 Å². The topological polar surface area (TPSA) is 115 Å². The predicted molar refractivity (Wildman–Crippen MR) is 92.6 cm³/mol. The fraction of sp³-hybridized carbons (Fsp3) is 0.200. The average Bonchev–Trinajstić information content (AvgIpc) is 2.53. The van der Waals surface area contributed by atoms with Crippen molar-refractivity contribution in [3.63, 3.8) is 0 Å². The fourth-order valence-corrected chi connectivity index (χ4v) is 3.05. The Morgan fingerprint density at radius 2 is 2.00 bits per heavy atom. The lowest BCUT2D eigenvalue weighted by atomic mass is 10.0. The number of nitrogens with one attached hydrogen (secondary N) is 1. The van der Waals surface area contributed by atoms with E-state index in [0.717, 1.165) is 5.56 Å². The number of benzene rings is 2. The first-order valence-corrected chi connectivity index (χ1v) is 8.98. The average molecular weight is 370 g/mol. The highest BCUT2D eigenvalue weighted by Crippen LogP contribution is 2.31. The van der Waals surface area contributed by atoms with Crippen LogP contribution in [0.25, 0.3) is 0 Å². The van der Waals surface area contributed by atoms with Crippen LogP contribution in [0.1, 0.15) is 24.9 Å². The maximum atomic E-state index is 11.5. The summed E-state index contributed by atoms with van der Waals surface area (Å²) in [6.07, 6.45) is 0.640. The van der Waals surface area contributed by atoms with E-state index in [1.807, 2.05) is 6.92 Å². The molecular weight excluding hydrogens is 354 g/mol. The molecule has 0 saturated heterocycles. The molecule has 0 aliphatic carbocycles. The van der Waals surface area contributed by atoms with Gasteiger partial charge in [0.25, 0.3) is 5.69 Å². The number of nitrogens with zero attached hydrogens (tertiary/aromatic N) is 1. The van der Waals surface area contributed by atoms with Gasteiger partial charge in [-0.05, 0) is 30.2 Å². The molecule has 0 amide bonds. The maximum Gasteiger partial charge on any atom is 0.271 e. The summed E-state index contributed by atoms with van der Waals surface area (Å²) in [6, 6.07) is 10.2. The van der Waals surface area contributed by atoms with E-state index >= 15 is 0 Å². The van der Waals surface area contributed by atoms with Crippen LogP contribution in [0, 0.1) is 10.1 Å². The first-order chi connectivity index (χ1) is 11.2. The molecule has 2 rings (SSSR count). The summed E-state index contributed by atoms with van der Waals surface area (Å²) >= 11 is 6.08. The zero-order chi connectivity index (χ0) is 17.9. The second-order valence-electron chi connectivity index (χ2n) is 5.14. The molecule has 0 aliphatic heterocycles. The molecule has 1 atom stereocenters. The zero-order valence-corrected chi connectivity index (χ0v) is 14.3. The molecule has 0 aromatic heterocycles. The summed E-state index contributed by atoms with van der Waals surface area (Å²) in [6.45, 7) is 1.92. The van der Waals surface area contributed by atoms with Crippen molar-refractivity contribution in [3.8, 4) is 0 Å².